The van der Waals surface area contributed by atoms with Crippen LogP contribution in [0.1, 0.15) is 18.4 Å². The smallest absolute Gasteiger partial charge is 0.0629 e. The molecule has 0 saturated heterocycles. The van der Waals surface area contributed by atoms with E-state index in [0.29, 0.717) is 0 Å². The first-order valence-corrected chi connectivity index (χ1v) is 10.5. The van der Waals surface area contributed by atoms with Gasteiger partial charge >= 0.3 is 0 Å². The first kappa shape index (κ1) is 15.8. The predicted octanol–water partition coefficient (Wildman–Crippen LogP) is 4.05. The molecule has 0 spiro atoms. The highest BCUT2D eigenvalue weighted by molar-refractivity contribution is 6.85. The van der Waals surface area contributed by atoms with E-state index in [4.69, 9.17) is 0 Å². The van der Waals surface area contributed by atoms with Gasteiger partial charge in [0.15, 0.2) is 0 Å². The lowest BCUT2D eigenvalue weighted by molar-refractivity contribution is 0.790. The molecule has 3 rings (SSSR count). The molecule has 0 unspecified atom stereocenters. The van der Waals surface area contributed by atoms with Gasteiger partial charge in [0.1, 0.15) is 8.80 Å². The summed E-state index contributed by atoms with van der Waals surface area (Å²) in [7, 11) is -1.08. The van der Waals surface area contributed by atoms with Crippen molar-refractivity contribution in [1.82, 2.24) is 0 Å². The predicted molar refractivity (Wildman–Crippen MR) is 103 cm³/mol. The largest absolute Gasteiger partial charge is 0.103 e. The van der Waals surface area contributed by atoms with Crippen molar-refractivity contribution in [1.29, 1.82) is 0 Å². The lowest BCUT2D eigenvalue weighted by atomic mass is 10.1. The Morgan fingerprint density at radius 3 is 1.52 bits per heavy atom. The topological polar surface area (TPSA) is 0 Å². The van der Waals surface area contributed by atoms with Gasteiger partial charge in [-0.1, -0.05) is 114 Å². The van der Waals surface area contributed by atoms with Gasteiger partial charge in [0.2, 0.25) is 0 Å². The molecule has 0 nitrogen and oxygen atoms in total. The molecule has 0 saturated carbocycles. The number of hydrogen-bond donors (Lipinski definition) is 0. The summed E-state index contributed by atoms with van der Waals surface area (Å²) < 4.78 is 0. The molecule has 116 valence electrons. The summed E-state index contributed by atoms with van der Waals surface area (Å²) in [6.45, 7) is 0. The maximum Gasteiger partial charge on any atom is 0.103 e. The first-order valence-electron chi connectivity index (χ1n) is 8.57. The molecule has 0 aliphatic rings. The van der Waals surface area contributed by atoms with Crippen molar-refractivity contribution >= 4 is 19.2 Å². The molecular formula is C22H24Si. The molecule has 0 N–H and O–H groups in total. The Hall–Kier alpha value is -2.12. The van der Waals surface area contributed by atoms with E-state index in [1.54, 1.807) is 10.4 Å². The quantitative estimate of drug-likeness (QED) is 0.456. The third kappa shape index (κ3) is 4.67. The van der Waals surface area contributed by atoms with Crippen LogP contribution in [0.25, 0.3) is 0 Å². The van der Waals surface area contributed by atoms with Crippen LogP contribution in [0.3, 0.4) is 0 Å². The normalized spacial score (nSPS) is 10.8. The van der Waals surface area contributed by atoms with Crippen LogP contribution in [0.15, 0.2) is 91.0 Å². The zero-order chi connectivity index (χ0) is 15.7. The minimum absolute atomic E-state index is 1.08. The van der Waals surface area contributed by atoms with Crippen LogP contribution in [0, 0.1) is 0 Å². The summed E-state index contributed by atoms with van der Waals surface area (Å²) >= 11 is 0. The van der Waals surface area contributed by atoms with E-state index in [2.05, 4.69) is 91.0 Å². The standard InChI is InChI=1S/C22H24Si/c1-4-12-20(13-5-1)14-10-11-19-23(21-15-6-2-7-16-21)22-17-8-3-9-18-22/h1-9,12-13,15-18,23H,10-11,14,19H2. The van der Waals surface area contributed by atoms with Gasteiger partial charge in [0.25, 0.3) is 0 Å². The van der Waals surface area contributed by atoms with Crippen molar-refractivity contribution in [2.75, 3.05) is 0 Å². The van der Waals surface area contributed by atoms with Crippen molar-refractivity contribution in [3.63, 3.8) is 0 Å². The lowest BCUT2D eigenvalue weighted by Crippen LogP contribution is -2.41. The highest BCUT2D eigenvalue weighted by Crippen LogP contribution is 2.09. The minimum Gasteiger partial charge on any atom is -0.0629 e. The Morgan fingerprint density at radius 2 is 1.00 bits per heavy atom. The van der Waals surface area contributed by atoms with Crippen LogP contribution >= 0.6 is 0 Å². The monoisotopic (exact) mass is 316 g/mol. The van der Waals surface area contributed by atoms with E-state index in [1.165, 1.54) is 30.9 Å². The second-order valence-corrected chi connectivity index (χ2v) is 9.12. The average Bonchev–Trinajstić information content (AvgIpc) is 2.64. The van der Waals surface area contributed by atoms with E-state index in [-0.39, 0.29) is 0 Å². The summed E-state index contributed by atoms with van der Waals surface area (Å²) in [5.41, 5.74) is 1.46. The van der Waals surface area contributed by atoms with E-state index >= 15 is 0 Å². The molecule has 0 aliphatic carbocycles. The van der Waals surface area contributed by atoms with Gasteiger partial charge in [0, 0.05) is 0 Å². The Labute approximate surface area is 141 Å². The fourth-order valence-electron chi connectivity index (χ4n) is 3.22. The van der Waals surface area contributed by atoms with Crippen LogP contribution in [0.2, 0.25) is 6.04 Å². The van der Waals surface area contributed by atoms with Crippen LogP contribution in [0.4, 0.5) is 0 Å². The highest BCUT2D eigenvalue weighted by atomic mass is 28.3. The van der Waals surface area contributed by atoms with Gasteiger partial charge in [-0.25, -0.2) is 0 Å². The van der Waals surface area contributed by atoms with Gasteiger partial charge in [-0.2, -0.15) is 0 Å². The Bertz CT molecular complexity index is 637. The minimum atomic E-state index is -1.08. The van der Waals surface area contributed by atoms with Gasteiger partial charge in [-0.15, -0.1) is 0 Å². The van der Waals surface area contributed by atoms with Gasteiger partial charge < -0.3 is 0 Å². The summed E-state index contributed by atoms with van der Waals surface area (Å²) in [6, 6.07) is 34.5. The zero-order valence-electron chi connectivity index (χ0n) is 13.6. The highest BCUT2D eigenvalue weighted by Gasteiger charge is 2.15. The van der Waals surface area contributed by atoms with Crippen LogP contribution in [-0.4, -0.2) is 8.80 Å². The Kier molecular flexibility index (Phi) is 5.82. The van der Waals surface area contributed by atoms with E-state index < -0.39 is 8.80 Å². The molecule has 23 heavy (non-hydrogen) atoms. The van der Waals surface area contributed by atoms with E-state index in [9.17, 15) is 0 Å². The summed E-state index contributed by atoms with van der Waals surface area (Å²) in [6.07, 6.45) is 3.80. The zero-order valence-corrected chi connectivity index (χ0v) is 14.7. The molecule has 0 heterocycles. The Morgan fingerprint density at radius 1 is 0.522 bits per heavy atom. The molecule has 0 aliphatic heterocycles. The summed E-state index contributed by atoms with van der Waals surface area (Å²) in [5, 5.41) is 3.14. The first-order chi connectivity index (χ1) is 11.4. The van der Waals surface area contributed by atoms with Crippen molar-refractivity contribution < 1.29 is 0 Å². The fraction of sp³-hybridized carbons (Fsp3) is 0.182. The van der Waals surface area contributed by atoms with Crippen molar-refractivity contribution in [3.05, 3.63) is 96.6 Å². The molecule has 0 aromatic heterocycles. The molecule has 1 heteroatoms. The average molecular weight is 317 g/mol. The van der Waals surface area contributed by atoms with Gasteiger partial charge in [0.05, 0.1) is 0 Å². The number of aryl methyl sites for hydroxylation is 1. The molecule has 3 aromatic rings. The summed E-state index contributed by atoms with van der Waals surface area (Å²) in [5.74, 6) is 0. The Balaban J connectivity index is 1.63. The number of rotatable bonds is 7. The molecular weight excluding hydrogens is 292 g/mol. The van der Waals surface area contributed by atoms with Crippen LogP contribution < -0.4 is 10.4 Å². The van der Waals surface area contributed by atoms with Crippen LogP contribution in [-0.2, 0) is 6.42 Å². The molecule has 0 atom stereocenters. The third-order valence-electron chi connectivity index (χ3n) is 4.45. The van der Waals surface area contributed by atoms with E-state index in [0.717, 1.165) is 0 Å². The maximum atomic E-state index is 2.32. The van der Waals surface area contributed by atoms with Crippen molar-refractivity contribution in [2.24, 2.45) is 0 Å². The molecule has 0 radical (unpaired) electrons. The number of unbranched alkanes of at least 4 members (excludes halogenated alkanes) is 1. The fourth-order valence-corrected chi connectivity index (χ4v) is 6.34. The third-order valence-corrected chi connectivity index (χ3v) is 7.82. The van der Waals surface area contributed by atoms with Gasteiger partial charge in [-0.3, -0.25) is 0 Å². The SMILES string of the molecule is c1ccc(CCCC[SiH](c2ccccc2)c2ccccc2)cc1. The van der Waals surface area contributed by atoms with Crippen molar-refractivity contribution in [2.45, 2.75) is 25.3 Å². The second-order valence-electron chi connectivity index (χ2n) is 6.11. The second kappa shape index (κ2) is 8.49. The molecule has 3 aromatic carbocycles. The molecule has 0 fully saturated rings. The van der Waals surface area contributed by atoms with Crippen molar-refractivity contribution in [3.8, 4) is 0 Å². The van der Waals surface area contributed by atoms with Gasteiger partial charge in [-0.05, 0) is 18.4 Å². The number of benzene rings is 3. The number of hydrogen-bond acceptors (Lipinski definition) is 0. The van der Waals surface area contributed by atoms with Crippen LogP contribution in [0.5, 0.6) is 0 Å². The maximum absolute atomic E-state index is 2.32. The lowest BCUT2D eigenvalue weighted by Gasteiger charge is -2.16. The van der Waals surface area contributed by atoms with E-state index in [1.807, 2.05) is 0 Å². The molecule has 0 bridgehead atoms. The summed E-state index contributed by atoms with van der Waals surface area (Å²) in [4.78, 5) is 0. The molecule has 0 amide bonds.